The monoisotopic (exact) mass is 278 g/mol. The van der Waals surface area contributed by atoms with E-state index in [9.17, 15) is 9.18 Å². The average molecular weight is 278 g/mol. The van der Waals surface area contributed by atoms with Gasteiger partial charge in [0.25, 0.3) is 0 Å². The van der Waals surface area contributed by atoms with Gasteiger partial charge in [0.2, 0.25) is 0 Å². The first-order valence-electron chi connectivity index (χ1n) is 5.37. The van der Waals surface area contributed by atoms with Crippen LogP contribution in [0.4, 0.5) is 10.1 Å². The van der Waals surface area contributed by atoms with Gasteiger partial charge in [-0.2, -0.15) is 0 Å². The third kappa shape index (κ3) is 3.23. The first-order valence-corrected chi connectivity index (χ1v) is 6.19. The summed E-state index contributed by atoms with van der Waals surface area (Å²) in [5, 5.41) is 0.584. The quantitative estimate of drug-likeness (QED) is 0.874. The molecule has 0 amide bonds. The molecule has 19 heavy (non-hydrogen) atoms. The number of anilines is 1. The van der Waals surface area contributed by atoms with E-state index in [1.807, 2.05) is 0 Å². The van der Waals surface area contributed by atoms with E-state index in [1.54, 1.807) is 18.2 Å². The van der Waals surface area contributed by atoms with Crippen LogP contribution in [0, 0.1) is 5.82 Å². The molecule has 0 radical (unpaired) electrons. The summed E-state index contributed by atoms with van der Waals surface area (Å²) in [7, 11) is 1.29. The molecule has 1 aromatic heterocycles. The number of carbonyl (C=O) groups is 1. The lowest BCUT2D eigenvalue weighted by Gasteiger charge is -2.06. The number of aromatic nitrogens is 1. The maximum atomic E-state index is 12.8. The van der Waals surface area contributed by atoms with Gasteiger partial charge in [0.1, 0.15) is 10.8 Å². The Balaban J connectivity index is 2.26. The lowest BCUT2D eigenvalue weighted by molar-refractivity contribution is 0.0601. The Morgan fingerprint density at radius 2 is 2.05 bits per heavy atom. The normalized spacial score (nSPS) is 10.2. The number of ether oxygens (including phenoxy) is 1. The summed E-state index contributed by atoms with van der Waals surface area (Å²) in [6.07, 6.45) is 1.40. The lowest BCUT2D eigenvalue weighted by atomic mass is 10.2. The largest absolute Gasteiger partial charge is 0.465 e. The Morgan fingerprint density at radius 1 is 1.37 bits per heavy atom. The van der Waals surface area contributed by atoms with E-state index in [4.69, 9.17) is 5.73 Å². The van der Waals surface area contributed by atoms with E-state index in [2.05, 4.69) is 9.72 Å². The SMILES string of the molecule is COC(=O)c1cc(Sc2ccc(F)cc2)ncc1N. The molecule has 4 nitrogen and oxygen atoms in total. The van der Waals surface area contributed by atoms with Crippen LogP contribution in [0.3, 0.4) is 0 Å². The van der Waals surface area contributed by atoms with Crippen LogP contribution >= 0.6 is 11.8 Å². The van der Waals surface area contributed by atoms with Crippen LogP contribution in [0.1, 0.15) is 10.4 Å². The van der Waals surface area contributed by atoms with Crippen LogP contribution in [0.15, 0.2) is 46.5 Å². The number of carbonyl (C=O) groups excluding carboxylic acids is 1. The zero-order valence-corrected chi connectivity index (χ0v) is 10.9. The van der Waals surface area contributed by atoms with Crippen molar-refractivity contribution in [2.45, 2.75) is 9.92 Å². The van der Waals surface area contributed by atoms with E-state index in [0.29, 0.717) is 5.03 Å². The predicted molar refractivity (Wildman–Crippen MR) is 70.5 cm³/mol. The van der Waals surface area contributed by atoms with Gasteiger partial charge in [-0.3, -0.25) is 0 Å². The number of nitrogens with two attached hydrogens (primary N) is 1. The van der Waals surface area contributed by atoms with E-state index < -0.39 is 5.97 Å². The number of esters is 1. The first-order chi connectivity index (χ1) is 9.10. The second-order valence-corrected chi connectivity index (χ2v) is 4.75. The number of hydrogen-bond acceptors (Lipinski definition) is 5. The molecule has 0 atom stereocenters. The summed E-state index contributed by atoms with van der Waals surface area (Å²) in [6.45, 7) is 0. The third-order valence-electron chi connectivity index (χ3n) is 2.35. The lowest BCUT2D eigenvalue weighted by Crippen LogP contribution is -2.06. The molecule has 0 saturated carbocycles. The molecule has 2 aromatic rings. The number of halogens is 1. The Kier molecular flexibility index (Phi) is 4.01. The van der Waals surface area contributed by atoms with E-state index in [0.717, 1.165) is 4.90 Å². The molecule has 1 aromatic carbocycles. The van der Waals surface area contributed by atoms with Gasteiger partial charge in [-0.15, -0.1) is 0 Å². The molecular weight excluding hydrogens is 267 g/mol. The number of nitrogen functional groups attached to an aromatic ring is 1. The van der Waals surface area contributed by atoms with Gasteiger partial charge in [-0.25, -0.2) is 14.2 Å². The Labute approximate surface area is 113 Å². The van der Waals surface area contributed by atoms with Crippen molar-refractivity contribution < 1.29 is 13.9 Å². The van der Waals surface area contributed by atoms with Gasteiger partial charge in [0.05, 0.1) is 24.6 Å². The third-order valence-corrected chi connectivity index (χ3v) is 3.29. The maximum Gasteiger partial charge on any atom is 0.340 e. The van der Waals surface area contributed by atoms with Crippen molar-refractivity contribution in [3.63, 3.8) is 0 Å². The van der Waals surface area contributed by atoms with Gasteiger partial charge in [-0.05, 0) is 30.3 Å². The van der Waals surface area contributed by atoms with Crippen LogP contribution in [0.5, 0.6) is 0 Å². The minimum Gasteiger partial charge on any atom is -0.465 e. The fraction of sp³-hybridized carbons (Fsp3) is 0.0769. The zero-order valence-electron chi connectivity index (χ0n) is 10.1. The highest BCUT2D eigenvalue weighted by Crippen LogP contribution is 2.28. The van der Waals surface area contributed by atoms with Gasteiger partial charge in [-0.1, -0.05) is 11.8 Å². The molecule has 2 N–H and O–H groups in total. The van der Waals surface area contributed by atoms with Crippen LogP contribution in [-0.2, 0) is 4.74 Å². The number of benzene rings is 1. The fourth-order valence-electron chi connectivity index (χ4n) is 1.41. The topological polar surface area (TPSA) is 65.2 Å². The summed E-state index contributed by atoms with van der Waals surface area (Å²) in [6, 6.07) is 7.54. The van der Waals surface area contributed by atoms with Gasteiger partial charge in [0.15, 0.2) is 0 Å². The molecule has 0 aliphatic heterocycles. The predicted octanol–water partition coefficient (Wildman–Crippen LogP) is 2.74. The highest BCUT2D eigenvalue weighted by atomic mass is 32.2. The minimum atomic E-state index is -0.513. The molecule has 98 valence electrons. The van der Waals surface area contributed by atoms with Crippen LogP contribution < -0.4 is 5.73 Å². The van der Waals surface area contributed by atoms with Crippen molar-refractivity contribution in [3.05, 3.63) is 47.9 Å². The van der Waals surface area contributed by atoms with Crippen molar-refractivity contribution in [1.82, 2.24) is 4.98 Å². The van der Waals surface area contributed by atoms with E-state index in [1.165, 1.54) is 37.2 Å². The molecule has 2 rings (SSSR count). The van der Waals surface area contributed by atoms with E-state index in [-0.39, 0.29) is 17.1 Å². The van der Waals surface area contributed by atoms with Crippen molar-refractivity contribution in [3.8, 4) is 0 Å². The number of rotatable bonds is 3. The van der Waals surface area contributed by atoms with Crippen LogP contribution in [0.2, 0.25) is 0 Å². The fourth-order valence-corrected chi connectivity index (χ4v) is 2.21. The molecule has 1 heterocycles. The number of hydrogen-bond donors (Lipinski definition) is 1. The van der Waals surface area contributed by atoms with Crippen LogP contribution in [-0.4, -0.2) is 18.1 Å². The number of pyridine rings is 1. The Bertz CT molecular complexity index is 602. The molecule has 0 aliphatic rings. The summed E-state index contributed by atoms with van der Waals surface area (Å²) in [5.74, 6) is -0.814. The van der Waals surface area contributed by atoms with Crippen molar-refractivity contribution >= 4 is 23.4 Å². The maximum absolute atomic E-state index is 12.8. The second kappa shape index (κ2) is 5.71. The minimum absolute atomic E-state index is 0.260. The first kappa shape index (κ1) is 13.4. The standard InChI is InChI=1S/C13H11FN2O2S/c1-18-13(17)10-6-12(16-7-11(10)15)19-9-4-2-8(14)3-5-9/h2-7H,15H2,1H3. The van der Waals surface area contributed by atoms with Gasteiger partial charge < -0.3 is 10.5 Å². The highest BCUT2D eigenvalue weighted by molar-refractivity contribution is 7.99. The summed E-state index contributed by atoms with van der Waals surface area (Å²) < 4.78 is 17.4. The Morgan fingerprint density at radius 3 is 2.68 bits per heavy atom. The molecular formula is C13H11FN2O2S. The number of methoxy groups -OCH3 is 1. The van der Waals surface area contributed by atoms with Crippen molar-refractivity contribution in [2.24, 2.45) is 0 Å². The Hall–Kier alpha value is -2.08. The van der Waals surface area contributed by atoms with Crippen molar-refractivity contribution in [2.75, 3.05) is 12.8 Å². The van der Waals surface area contributed by atoms with E-state index >= 15 is 0 Å². The molecule has 6 heteroatoms. The summed E-state index contributed by atoms with van der Waals surface area (Å²) >= 11 is 1.31. The highest BCUT2D eigenvalue weighted by Gasteiger charge is 2.12. The molecule has 0 fully saturated rings. The number of nitrogens with zero attached hydrogens (tertiary/aromatic N) is 1. The molecule has 0 unspecified atom stereocenters. The molecule has 0 spiro atoms. The smallest absolute Gasteiger partial charge is 0.340 e. The molecule has 0 bridgehead atoms. The van der Waals surface area contributed by atoms with Gasteiger partial charge in [0, 0.05) is 4.90 Å². The van der Waals surface area contributed by atoms with Crippen molar-refractivity contribution in [1.29, 1.82) is 0 Å². The summed E-state index contributed by atoms with van der Waals surface area (Å²) in [4.78, 5) is 16.4. The zero-order chi connectivity index (χ0) is 13.8. The summed E-state index contributed by atoms with van der Waals surface area (Å²) in [5.41, 5.74) is 6.18. The molecule has 0 saturated heterocycles. The average Bonchev–Trinajstić information content (AvgIpc) is 2.42. The van der Waals surface area contributed by atoms with Gasteiger partial charge >= 0.3 is 5.97 Å². The van der Waals surface area contributed by atoms with Crippen LogP contribution in [0.25, 0.3) is 0 Å². The second-order valence-electron chi connectivity index (χ2n) is 3.66. The molecule has 0 aliphatic carbocycles.